The van der Waals surface area contributed by atoms with Crippen molar-refractivity contribution in [3.63, 3.8) is 0 Å². The predicted molar refractivity (Wildman–Crippen MR) is 48.3 cm³/mol. The molecule has 0 unspecified atom stereocenters. The third kappa shape index (κ3) is 4.43. The van der Waals surface area contributed by atoms with E-state index in [2.05, 4.69) is 9.47 Å². The van der Waals surface area contributed by atoms with Gasteiger partial charge in [-0.3, -0.25) is 0 Å². The van der Waals surface area contributed by atoms with Crippen LogP contribution in [0.15, 0.2) is 12.1 Å². The molecular weight excluding hydrogens is 249 g/mol. The van der Waals surface area contributed by atoms with E-state index in [0.717, 1.165) is 0 Å². The van der Waals surface area contributed by atoms with E-state index in [-0.39, 0.29) is 0 Å². The molecule has 17 heavy (non-hydrogen) atoms. The average Bonchev–Trinajstić information content (AvgIpc) is 2.18. The van der Waals surface area contributed by atoms with Crippen LogP contribution in [0.4, 0.5) is 27.6 Å². The molecule has 0 radical (unpaired) electrons. The molecule has 0 aromatic heterocycles. The van der Waals surface area contributed by atoms with E-state index in [1.54, 1.807) is 0 Å². The summed E-state index contributed by atoms with van der Waals surface area (Å²) in [5.74, 6) is -2.49. The second-order valence-corrected chi connectivity index (χ2v) is 3.03. The van der Waals surface area contributed by atoms with Gasteiger partial charge in [-0.05, 0) is 0 Å². The van der Waals surface area contributed by atoms with Crippen molar-refractivity contribution in [1.29, 1.82) is 0 Å². The molecule has 1 aromatic rings. The van der Waals surface area contributed by atoms with Gasteiger partial charge in [-0.2, -0.15) is 13.2 Å². The molecule has 0 bridgehead atoms. The third-order valence-corrected chi connectivity index (χ3v) is 1.61. The zero-order valence-electron chi connectivity index (χ0n) is 8.35. The molecule has 0 saturated carbocycles. The van der Waals surface area contributed by atoms with Crippen molar-refractivity contribution < 1.29 is 31.4 Å². The quantitative estimate of drug-likeness (QED) is 0.390. The van der Waals surface area contributed by atoms with Crippen LogP contribution in [0.2, 0.25) is 0 Å². The molecule has 0 aliphatic heterocycles. The van der Waals surface area contributed by atoms with Crippen molar-refractivity contribution in [1.82, 2.24) is 0 Å². The monoisotopic (exact) mass is 257 g/mol. The Morgan fingerprint density at radius 1 is 1.12 bits per heavy atom. The number of nitrogens with two attached hydrogens (primary N) is 1. The van der Waals surface area contributed by atoms with Gasteiger partial charge < -0.3 is 15.2 Å². The average molecular weight is 257 g/mol. The first-order chi connectivity index (χ1) is 7.79. The molecule has 0 saturated heterocycles. The van der Waals surface area contributed by atoms with E-state index in [1.807, 2.05) is 0 Å². The number of hydrogen-bond acceptors (Lipinski definition) is 3. The van der Waals surface area contributed by atoms with Gasteiger partial charge in [0.05, 0.1) is 5.69 Å². The van der Waals surface area contributed by atoms with Gasteiger partial charge in [-0.15, -0.1) is 0 Å². The molecule has 1 aromatic carbocycles. The summed E-state index contributed by atoms with van der Waals surface area (Å²) < 4.78 is 69.4. The minimum Gasteiger partial charge on any atom is -0.464 e. The van der Waals surface area contributed by atoms with Gasteiger partial charge in [0.1, 0.15) is 12.4 Å². The Labute approximate surface area is 92.9 Å². The molecule has 2 N–H and O–H groups in total. The highest BCUT2D eigenvalue weighted by atomic mass is 19.4. The number of nitrogen functional groups attached to an aromatic ring is 1. The summed E-state index contributed by atoms with van der Waals surface area (Å²) in [4.78, 5) is 0. The Hall–Kier alpha value is -1.57. The van der Waals surface area contributed by atoms with E-state index < -0.39 is 42.6 Å². The van der Waals surface area contributed by atoms with Gasteiger partial charge in [0.15, 0.2) is 18.4 Å². The standard InChI is InChI=1S/C9H8F5NO2/c10-5-2-8(6(11)1-7(5)15)17-4-16-3-9(12,13)14/h1-2H,3-4,15H2. The lowest BCUT2D eigenvalue weighted by molar-refractivity contribution is -0.187. The van der Waals surface area contributed by atoms with Gasteiger partial charge in [-0.25, -0.2) is 8.78 Å². The number of anilines is 1. The molecule has 3 nitrogen and oxygen atoms in total. The Balaban J connectivity index is 2.50. The SMILES string of the molecule is Nc1cc(F)c(OCOCC(F)(F)F)cc1F. The number of rotatable bonds is 4. The molecule has 0 aliphatic carbocycles. The summed E-state index contributed by atoms with van der Waals surface area (Å²) in [5, 5.41) is 0. The molecule has 0 aliphatic rings. The lowest BCUT2D eigenvalue weighted by Gasteiger charge is -2.10. The highest BCUT2D eigenvalue weighted by Crippen LogP contribution is 2.23. The van der Waals surface area contributed by atoms with Crippen molar-refractivity contribution in [2.45, 2.75) is 6.18 Å². The van der Waals surface area contributed by atoms with Crippen LogP contribution in [0.3, 0.4) is 0 Å². The first kappa shape index (κ1) is 13.5. The topological polar surface area (TPSA) is 44.5 Å². The van der Waals surface area contributed by atoms with Crippen molar-refractivity contribution in [3.8, 4) is 5.75 Å². The molecule has 0 spiro atoms. The number of alkyl halides is 3. The third-order valence-electron chi connectivity index (χ3n) is 1.61. The summed E-state index contributed by atoms with van der Waals surface area (Å²) in [6, 6.07) is 1.29. The maximum Gasteiger partial charge on any atom is 0.411 e. The highest BCUT2D eigenvalue weighted by molar-refractivity contribution is 5.44. The second kappa shape index (κ2) is 5.17. The number of ether oxygens (including phenoxy) is 2. The Kier molecular flexibility index (Phi) is 4.11. The largest absolute Gasteiger partial charge is 0.464 e. The second-order valence-electron chi connectivity index (χ2n) is 3.03. The lowest BCUT2D eigenvalue weighted by Crippen LogP contribution is -2.19. The van der Waals surface area contributed by atoms with Crippen molar-refractivity contribution in [2.75, 3.05) is 19.1 Å². The van der Waals surface area contributed by atoms with Gasteiger partial charge in [0, 0.05) is 12.1 Å². The number of halogens is 5. The maximum atomic E-state index is 13.0. The van der Waals surface area contributed by atoms with Gasteiger partial charge >= 0.3 is 6.18 Å². The molecule has 96 valence electrons. The molecule has 1 rings (SSSR count). The summed E-state index contributed by atoms with van der Waals surface area (Å²) in [6.07, 6.45) is -4.51. The Morgan fingerprint density at radius 3 is 2.35 bits per heavy atom. The van der Waals surface area contributed by atoms with Crippen LogP contribution in [0.5, 0.6) is 5.75 Å². The fourth-order valence-electron chi connectivity index (χ4n) is 0.917. The lowest BCUT2D eigenvalue weighted by atomic mass is 10.3. The summed E-state index contributed by atoms with van der Waals surface area (Å²) in [7, 11) is 0. The van der Waals surface area contributed by atoms with Crippen molar-refractivity contribution >= 4 is 5.69 Å². The summed E-state index contributed by atoms with van der Waals surface area (Å²) in [6.45, 7) is -2.38. The summed E-state index contributed by atoms with van der Waals surface area (Å²) in [5.41, 5.74) is 4.63. The normalized spacial score (nSPS) is 11.6. The molecule has 0 atom stereocenters. The van der Waals surface area contributed by atoms with Gasteiger partial charge in [-0.1, -0.05) is 0 Å². The van der Waals surface area contributed by atoms with Crippen LogP contribution >= 0.6 is 0 Å². The van der Waals surface area contributed by atoms with Gasteiger partial charge in [0.25, 0.3) is 0 Å². The zero-order chi connectivity index (χ0) is 13.1. The van der Waals surface area contributed by atoms with Crippen LogP contribution < -0.4 is 10.5 Å². The fourth-order valence-corrected chi connectivity index (χ4v) is 0.917. The first-order valence-electron chi connectivity index (χ1n) is 4.31. The molecule has 0 fully saturated rings. The smallest absolute Gasteiger partial charge is 0.411 e. The van der Waals surface area contributed by atoms with E-state index >= 15 is 0 Å². The van der Waals surface area contributed by atoms with Crippen LogP contribution in [0.25, 0.3) is 0 Å². The van der Waals surface area contributed by atoms with Crippen LogP contribution in [-0.4, -0.2) is 19.6 Å². The van der Waals surface area contributed by atoms with E-state index in [0.29, 0.717) is 12.1 Å². The minimum absolute atomic E-state index is 0.425. The van der Waals surface area contributed by atoms with E-state index in [9.17, 15) is 22.0 Å². The van der Waals surface area contributed by atoms with E-state index in [1.165, 1.54) is 0 Å². The fraction of sp³-hybridized carbons (Fsp3) is 0.333. The minimum atomic E-state index is -4.51. The number of hydrogen-bond donors (Lipinski definition) is 1. The summed E-state index contributed by atoms with van der Waals surface area (Å²) >= 11 is 0. The zero-order valence-corrected chi connectivity index (χ0v) is 8.35. The Morgan fingerprint density at radius 2 is 1.76 bits per heavy atom. The highest BCUT2D eigenvalue weighted by Gasteiger charge is 2.27. The van der Waals surface area contributed by atoms with Crippen LogP contribution in [0, 0.1) is 11.6 Å². The van der Waals surface area contributed by atoms with Crippen molar-refractivity contribution in [2.24, 2.45) is 0 Å². The molecule has 0 amide bonds. The Bertz CT molecular complexity index is 394. The van der Waals surface area contributed by atoms with Crippen LogP contribution in [0.1, 0.15) is 0 Å². The van der Waals surface area contributed by atoms with Crippen LogP contribution in [-0.2, 0) is 4.74 Å². The van der Waals surface area contributed by atoms with E-state index in [4.69, 9.17) is 5.73 Å². The van der Waals surface area contributed by atoms with Gasteiger partial charge in [0.2, 0.25) is 0 Å². The van der Waals surface area contributed by atoms with Crippen molar-refractivity contribution in [3.05, 3.63) is 23.8 Å². The predicted octanol–water partition coefficient (Wildman–Crippen LogP) is 2.46. The first-order valence-corrected chi connectivity index (χ1v) is 4.31. The molecule has 8 heteroatoms. The number of benzene rings is 1. The maximum absolute atomic E-state index is 13.0. The molecule has 0 heterocycles. The molecular formula is C9H8F5NO2.